The molecular formula is C27H33ClN6O2S. The van der Waals surface area contributed by atoms with E-state index in [1.54, 1.807) is 12.3 Å². The molecule has 0 atom stereocenters. The average molecular weight is 541 g/mol. The lowest BCUT2D eigenvalue weighted by Gasteiger charge is -2.28. The van der Waals surface area contributed by atoms with Crippen LogP contribution in [0.1, 0.15) is 48.7 Å². The molecule has 196 valence electrons. The van der Waals surface area contributed by atoms with Crippen LogP contribution in [0.2, 0.25) is 0 Å². The fourth-order valence-electron chi connectivity index (χ4n) is 3.96. The molecule has 0 radical (unpaired) electrons. The molecule has 0 bridgehead atoms. The standard InChI is InChI=1S/C27H33ClN6O2S/c1-6-19-15-22(16-20(17-29)25(19)30-14-12-28)27(2,3)21-7-9-23(10-8-21)32-18-24-11-13-31-26(33-24)34(4)37(5,35)36/h7-11,13,15-16,30,32H,6,12,14,18H2,1-5H3. The zero-order valence-corrected chi connectivity index (χ0v) is 23.4. The Morgan fingerprint density at radius 2 is 1.81 bits per heavy atom. The number of hydrogen-bond donors (Lipinski definition) is 2. The van der Waals surface area contributed by atoms with Gasteiger partial charge in [-0.15, -0.1) is 11.6 Å². The van der Waals surface area contributed by atoms with Crippen LogP contribution in [0.3, 0.4) is 0 Å². The second-order valence-corrected chi connectivity index (χ2v) is 11.7. The molecule has 3 rings (SSSR count). The number of anilines is 3. The highest BCUT2D eigenvalue weighted by Crippen LogP contribution is 2.36. The largest absolute Gasteiger partial charge is 0.383 e. The Morgan fingerprint density at radius 3 is 2.41 bits per heavy atom. The molecular weight excluding hydrogens is 508 g/mol. The summed E-state index contributed by atoms with van der Waals surface area (Å²) in [5.41, 5.74) is 6.02. The number of alkyl halides is 1. The minimum absolute atomic E-state index is 0.131. The van der Waals surface area contributed by atoms with Gasteiger partial charge in [0.1, 0.15) is 6.07 Å². The van der Waals surface area contributed by atoms with Gasteiger partial charge in [0.2, 0.25) is 16.0 Å². The monoisotopic (exact) mass is 540 g/mol. The summed E-state index contributed by atoms with van der Waals surface area (Å²) in [4.78, 5) is 8.39. The van der Waals surface area contributed by atoms with Gasteiger partial charge in [0.15, 0.2) is 0 Å². The van der Waals surface area contributed by atoms with Crippen LogP contribution in [0, 0.1) is 11.3 Å². The molecule has 0 spiro atoms. The zero-order chi connectivity index (χ0) is 27.2. The van der Waals surface area contributed by atoms with E-state index in [0.717, 1.165) is 45.0 Å². The van der Waals surface area contributed by atoms with Gasteiger partial charge in [-0.3, -0.25) is 0 Å². The predicted molar refractivity (Wildman–Crippen MR) is 151 cm³/mol. The van der Waals surface area contributed by atoms with Gasteiger partial charge in [0, 0.05) is 36.8 Å². The van der Waals surface area contributed by atoms with Gasteiger partial charge < -0.3 is 10.6 Å². The van der Waals surface area contributed by atoms with Crippen molar-refractivity contribution in [2.75, 3.05) is 40.7 Å². The number of nitrogens with one attached hydrogen (secondary N) is 2. The SMILES string of the molecule is CCc1cc(C(C)(C)c2ccc(NCc3ccnc(N(C)S(C)(=O)=O)n3)cc2)cc(C#N)c1NCCCl. The van der Waals surface area contributed by atoms with Crippen molar-refractivity contribution in [3.05, 3.63) is 76.6 Å². The number of nitrogens with zero attached hydrogens (tertiary/aromatic N) is 4. The summed E-state index contributed by atoms with van der Waals surface area (Å²) < 4.78 is 24.6. The van der Waals surface area contributed by atoms with Crippen LogP contribution in [0.25, 0.3) is 0 Å². The molecule has 0 saturated heterocycles. The summed E-state index contributed by atoms with van der Waals surface area (Å²) in [7, 11) is -2.01. The Kier molecular flexibility index (Phi) is 9.00. The fraction of sp³-hybridized carbons (Fsp3) is 0.370. The van der Waals surface area contributed by atoms with Crippen LogP contribution in [0.4, 0.5) is 17.3 Å². The third-order valence-electron chi connectivity index (χ3n) is 6.40. The molecule has 0 aliphatic carbocycles. The molecule has 2 N–H and O–H groups in total. The van der Waals surface area contributed by atoms with E-state index in [0.29, 0.717) is 30.2 Å². The second-order valence-electron chi connectivity index (χ2n) is 9.27. The molecule has 0 saturated carbocycles. The molecule has 0 amide bonds. The minimum Gasteiger partial charge on any atom is -0.383 e. The highest BCUT2D eigenvalue weighted by atomic mass is 35.5. The number of nitriles is 1. The summed E-state index contributed by atoms with van der Waals surface area (Å²) in [5, 5.41) is 16.4. The number of rotatable bonds is 11. The molecule has 8 nitrogen and oxygen atoms in total. The van der Waals surface area contributed by atoms with Gasteiger partial charge in [-0.1, -0.05) is 39.0 Å². The van der Waals surface area contributed by atoms with Crippen LogP contribution in [-0.4, -0.2) is 44.1 Å². The van der Waals surface area contributed by atoms with E-state index in [9.17, 15) is 13.7 Å². The van der Waals surface area contributed by atoms with Gasteiger partial charge in [-0.05, 0) is 47.4 Å². The Labute approximate surface area is 224 Å². The number of sulfonamides is 1. The van der Waals surface area contributed by atoms with Gasteiger partial charge in [0.05, 0.1) is 29.7 Å². The first-order valence-corrected chi connectivity index (χ1v) is 14.4. The van der Waals surface area contributed by atoms with Crippen molar-refractivity contribution in [3.63, 3.8) is 0 Å². The fourth-order valence-corrected chi connectivity index (χ4v) is 4.44. The first kappa shape index (κ1) is 28.2. The number of hydrogen-bond acceptors (Lipinski definition) is 7. The number of aromatic nitrogens is 2. The first-order valence-electron chi connectivity index (χ1n) is 12.0. The lowest BCUT2D eigenvalue weighted by molar-refractivity contribution is 0.599. The summed E-state index contributed by atoms with van der Waals surface area (Å²) in [6.07, 6.45) is 3.46. The molecule has 0 fully saturated rings. The van der Waals surface area contributed by atoms with Crippen LogP contribution in [-0.2, 0) is 28.4 Å². The quantitative estimate of drug-likeness (QED) is 0.333. The molecule has 1 heterocycles. The molecule has 2 aromatic carbocycles. The summed E-state index contributed by atoms with van der Waals surface area (Å²) in [5.74, 6) is 0.600. The lowest BCUT2D eigenvalue weighted by atomic mass is 9.76. The van der Waals surface area contributed by atoms with Crippen LogP contribution >= 0.6 is 11.6 Å². The van der Waals surface area contributed by atoms with Crippen molar-refractivity contribution in [2.24, 2.45) is 0 Å². The third kappa shape index (κ3) is 6.70. The zero-order valence-electron chi connectivity index (χ0n) is 21.8. The normalized spacial score (nSPS) is 11.6. The average Bonchev–Trinajstić information content (AvgIpc) is 2.89. The van der Waals surface area contributed by atoms with Crippen molar-refractivity contribution in [1.29, 1.82) is 5.26 Å². The van der Waals surface area contributed by atoms with Crippen LogP contribution < -0.4 is 14.9 Å². The van der Waals surface area contributed by atoms with E-state index >= 15 is 0 Å². The van der Waals surface area contributed by atoms with E-state index in [1.165, 1.54) is 7.05 Å². The number of halogens is 1. The molecule has 37 heavy (non-hydrogen) atoms. The van der Waals surface area contributed by atoms with Gasteiger partial charge >= 0.3 is 0 Å². The summed E-state index contributed by atoms with van der Waals surface area (Å²) in [6.45, 7) is 7.40. The first-order chi connectivity index (χ1) is 17.5. The Morgan fingerprint density at radius 1 is 1.11 bits per heavy atom. The van der Waals surface area contributed by atoms with Crippen molar-refractivity contribution >= 4 is 38.9 Å². The Hall–Kier alpha value is -3.35. The molecule has 0 aliphatic heterocycles. The number of benzene rings is 2. The van der Waals surface area contributed by atoms with E-state index < -0.39 is 10.0 Å². The van der Waals surface area contributed by atoms with Crippen molar-refractivity contribution < 1.29 is 8.42 Å². The third-order valence-corrected chi connectivity index (χ3v) is 7.75. The second kappa shape index (κ2) is 11.8. The van der Waals surface area contributed by atoms with E-state index in [1.807, 2.05) is 18.2 Å². The number of aryl methyl sites for hydroxylation is 1. The topological polar surface area (TPSA) is 111 Å². The molecule has 0 unspecified atom stereocenters. The van der Waals surface area contributed by atoms with Crippen LogP contribution in [0.5, 0.6) is 0 Å². The molecule has 3 aromatic rings. The Bertz CT molecular complexity index is 1380. The van der Waals surface area contributed by atoms with Gasteiger partial charge in [0.25, 0.3) is 0 Å². The van der Waals surface area contributed by atoms with Gasteiger partial charge in [-0.2, -0.15) is 5.26 Å². The lowest BCUT2D eigenvalue weighted by Crippen LogP contribution is -2.27. The van der Waals surface area contributed by atoms with E-state index in [-0.39, 0.29) is 11.4 Å². The maximum Gasteiger partial charge on any atom is 0.239 e. The van der Waals surface area contributed by atoms with Crippen molar-refractivity contribution in [2.45, 2.75) is 39.2 Å². The van der Waals surface area contributed by atoms with Crippen molar-refractivity contribution in [1.82, 2.24) is 9.97 Å². The van der Waals surface area contributed by atoms with Crippen LogP contribution in [0.15, 0.2) is 48.7 Å². The minimum atomic E-state index is -3.44. The maximum absolute atomic E-state index is 11.8. The summed E-state index contributed by atoms with van der Waals surface area (Å²) in [6, 6.07) is 16.4. The van der Waals surface area contributed by atoms with E-state index in [2.05, 4.69) is 65.6 Å². The van der Waals surface area contributed by atoms with Crippen molar-refractivity contribution in [3.8, 4) is 6.07 Å². The molecule has 0 aliphatic rings. The smallest absolute Gasteiger partial charge is 0.239 e. The summed E-state index contributed by atoms with van der Waals surface area (Å²) >= 11 is 5.85. The maximum atomic E-state index is 11.8. The van der Waals surface area contributed by atoms with E-state index in [4.69, 9.17) is 11.6 Å². The van der Waals surface area contributed by atoms with Gasteiger partial charge in [-0.25, -0.2) is 22.7 Å². The Balaban J connectivity index is 1.79. The highest BCUT2D eigenvalue weighted by molar-refractivity contribution is 7.92. The molecule has 1 aromatic heterocycles. The highest BCUT2D eigenvalue weighted by Gasteiger charge is 2.25. The molecule has 10 heteroatoms. The predicted octanol–water partition coefficient (Wildman–Crippen LogP) is 4.90.